The number of benzene rings is 1. The third kappa shape index (κ3) is 5.07. The van der Waals surface area contributed by atoms with Crippen LogP contribution in [0.5, 0.6) is 0 Å². The highest BCUT2D eigenvalue weighted by molar-refractivity contribution is 9.10. The number of carbonyl (C=O) groups is 1. The third-order valence-electron chi connectivity index (χ3n) is 2.86. The summed E-state index contributed by atoms with van der Waals surface area (Å²) in [6, 6.07) is 9.95. The molecular weight excluding hydrogens is 336 g/mol. The van der Waals surface area contributed by atoms with Crippen molar-refractivity contribution in [3.63, 3.8) is 0 Å². The van der Waals surface area contributed by atoms with E-state index in [-0.39, 0.29) is 11.9 Å². The Bertz CT molecular complexity index is 540. The molecule has 1 aromatic heterocycles. The number of thiophene rings is 1. The van der Waals surface area contributed by atoms with Crippen LogP contribution in [0, 0.1) is 0 Å². The van der Waals surface area contributed by atoms with Gasteiger partial charge in [-0.1, -0.05) is 15.9 Å². The fourth-order valence-electron chi connectivity index (χ4n) is 1.84. The molecule has 20 heavy (non-hydrogen) atoms. The molecule has 0 fully saturated rings. The van der Waals surface area contributed by atoms with Gasteiger partial charge in [-0.05, 0) is 60.0 Å². The van der Waals surface area contributed by atoms with E-state index in [0.717, 1.165) is 16.6 Å². The van der Waals surface area contributed by atoms with Crippen LogP contribution in [0.1, 0.15) is 12.5 Å². The van der Waals surface area contributed by atoms with E-state index in [1.165, 1.54) is 5.56 Å². The average molecular weight is 353 g/mol. The van der Waals surface area contributed by atoms with Gasteiger partial charge in [0.15, 0.2) is 0 Å². The average Bonchev–Trinajstić information content (AvgIpc) is 2.92. The molecule has 2 rings (SSSR count). The molecule has 1 amide bonds. The molecule has 0 radical (unpaired) electrons. The van der Waals surface area contributed by atoms with E-state index in [1.807, 2.05) is 24.3 Å². The Morgan fingerprint density at radius 1 is 1.30 bits per heavy atom. The van der Waals surface area contributed by atoms with Crippen LogP contribution in [0.2, 0.25) is 0 Å². The zero-order valence-electron chi connectivity index (χ0n) is 11.2. The molecule has 1 heterocycles. The summed E-state index contributed by atoms with van der Waals surface area (Å²) in [6.45, 7) is 2.41. The van der Waals surface area contributed by atoms with Gasteiger partial charge < -0.3 is 10.6 Å². The summed E-state index contributed by atoms with van der Waals surface area (Å²) >= 11 is 5.06. The summed E-state index contributed by atoms with van der Waals surface area (Å²) in [5.74, 6) is -0.0236. The van der Waals surface area contributed by atoms with Gasteiger partial charge in [0, 0.05) is 16.2 Å². The topological polar surface area (TPSA) is 41.1 Å². The first-order chi connectivity index (χ1) is 9.63. The maximum atomic E-state index is 11.8. The van der Waals surface area contributed by atoms with Gasteiger partial charge in [0.1, 0.15) is 0 Å². The largest absolute Gasteiger partial charge is 0.325 e. The molecule has 1 atom stereocenters. The van der Waals surface area contributed by atoms with Gasteiger partial charge in [-0.15, -0.1) is 0 Å². The lowest BCUT2D eigenvalue weighted by atomic mass is 10.1. The first kappa shape index (κ1) is 15.2. The van der Waals surface area contributed by atoms with Gasteiger partial charge in [-0.3, -0.25) is 4.79 Å². The van der Waals surface area contributed by atoms with Crippen LogP contribution in [-0.2, 0) is 11.2 Å². The monoisotopic (exact) mass is 352 g/mol. The molecule has 0 aliphatic rings. The number of carbonyl (C=O) groups excluding carboxylic acids is 1. The molecule has 0 aliphatic carbocycles. The molecule has 2 aromatic rings. The molecule has 106 valence electrons. The van der Waals surface area contributed by atoms with Crippen molar-refractivity contribution >= 4 is 38.9 Å². The van der Waals surface area contributed by atoms with E-state index in [1.54, 1.807) is 11.3 Å². The number of amides is 1. The minimum atomic E-state index is -0.0236. The first-order valence-corrected chi connectivity index (χ1v) is 8.17. The second kappa shape index (κ2) is 7.57. The van der Waals surface area contributed by atoms with E-state index in [9.17, 15) is 4.79 Å². The predicted molar refractivity (Wildman–Crippen MR) is 88.3 cm³/mol. The zero-order chi connectivity index (χ0) is 14.4. The highest BCUT2D eigenvalue weighted by atomic mass is 79.9. The van der Waals surface area contributed by atoms with Gasteiger partial charge >= 0.3 is 0 Å². The fraction of sp³-hybridized carbons (Fsp3) is 0.267. The van der Waals surface area contributed by atoms with Gasteiger partial charge in [-0.2, -0.15) is 11.3 Å². The number of hydrogen-bond donors (Lipinski definition) is 2. The third-order valence-corrected chi connectivity index (χ3v) is 4.12. The van der Waals surface area contributed by atoms with E-state index in [0.29, 0.717) is 6.54 Å². The minimum Gasteiger partial charge on any atom is -0.325 e. The molecule has 0 spiro atoms. The van der Waals surface area contributed by atoms with Crippen LogP contribution in [-0.4, -0.2) is 18.5 Å². The summed E-state index contributed by atoms with van der Waals surface area (Å²) in [7, 11) is 0. The number of nitrogens with one attached hydrogen (secondary N) is 2. The van der Waals surface area contributed by atoms with Gasteiger partial charge in [0.05, 0.1) is 6.54 Å². The Morgan fingerprint density at radius 3 is 2.70 bits per heavy atom. The molecule has 0 saturated carbocycles. The SMILES string of the molecule is CC(Cc1ccsc1)NCC(=O)Nc1ccc(Br)cc1. The molecule has 0 aliphatic heterocycles. The molecule has 1 unspecified atom stereocenters. The Morgan fingerprint density at radius 2 is 2.05 bits per heavy atom. The van der Waals surface area contributed by atoms with Crippen molar-refractivity contribution < 1.29 is 4.79 Å². The van der Waals surface area contributed by atoms with Crippen molar-refractivity contribution in [1.29, 1.82) is 0 Å². The normalized spacial score (nSPS) is 12.1. The van der Waals surface area contributed by atoms with Crippen molar-refractivity contribution in [1.82, 2.24) is 5.32 Å². The van der Waals surface area contributed by atoms with Crippen molar-refractivity contribution in [2.45, 2.75) is 19.4 Å². The quantitative estimate of drug-likeness (QED) is 0.832. The van der Waals surface area contributed by atoms with E-state index in [2.05, 4.69) is 50.3 Å². The minimum absolute atomic E-state index is 0.0236. The molecular formula is C15H17BrN2OS. The number of halogens is 1. The summed E-state index contributed by atoms with van der Waals surface area (Å²) in [6.07, 6.45) is 0.940. The Hall–Kier alpha value is -1.17. The lowest BCUT2D eigenvalue weighted by molar-refractivity contribution is -0.115. The van der Waals surface area contributed by atoms with Crippen LogP contribution >= 0.6 is 27.3 Å². The van der Waals surface area contributed by atoms with Crippen LogP contribution in [0.3, 0.4) is 0 Å². The van der Waals surface area contributed by atoms with E-state index >= 15 is 0 Å². The first-order valence-electron chi connectivity index (χ1n) is 6.43. The molecule has 1 aromatic carbocycles. The summed E-state index contributed by atoms with van der Waals surface area (Å²) in [5.41, 5.74) is 2.12. The van der Waals surface area contributed by atoms with E-state index < -0.39 is 0 Å². The van der Waals surface area contributed by atoms with Crippen molar-refractivity contribution in [3.8, 4) is 0 Å². The Kier molecular flexibility index (Phi) is 5.76. The predicted octanol–water partition coefficient (Wildman–Crippen LogP) is 3.67. The standard InChI is InChI=1S/C15H17BrN2OS/c1-11(8-12-6-7-20-10-12)17-9-15(19)18-14-4-2-13(16)3-5-14/h2-7,10-11,17H,8-9H2,1H3,(H,18,19). The number of anilines is 1. The van der Waals surface area contributed by atoms with Gasteiger partial charge in [0.2, 0.25) is 5.91 Å². The molecule has 0 saturated heterocycles. The lowest BCUT2D eigenvalue weighted by Gasteiger charge is -2.13. The summed E-state index contributed by atoms with van der Waals surface area (Å²) in [5, 5.41) is 10.3. The summed E-state index contributed by atoms with van der Waals surface area (Å²) in [4.78, 5) is 11.8. The smallest absolute Gasteiger partial charge is 0.238 e. The highest BCUT2D eigenvalue weighted by Gasteiger charge is 2.07. The molecule has 3 nitrogen and oxygen atoms in total. The molecule has 0 bridgehead atoms. The van der Waals surface area contributed by atoms with Gasteiger partial charge in [-0.25, -0.2) is 0 Å². The molecule has 2 N–H and O–H groups in total. The second-order valence-electron chi connectivity index (χ2n) is 4.67. The highest BCUT2D eigenvalue weighted by Crippen LogP contribution is 2.13. The van der Waals surface area contributed by atoms with Crippen LogP contribution in [0.25, 0.3) is 0 Å². The maximum absolute atomic E-state index is 11.8. The maximum Gasteiger partial charge on any atom is 0.238 e. The number of hydrogen-bond acceptors (Lipinski definition) is 3. The molecule has 5 heteroatoms. The summed E-state index contributed by atoms with van der Waals surface area (Å²) < 4.78 is 0.998. The Balaban J connectivity index is 1.73. The fourth-order valence-corrected chi connectivity index (χ4v) is 2.79. The van der Waals surface area contributed by atoms with Crippen LogP contribution < -0.4 is 10.6 Å². The number of rotatable bonds is 6. The lowest BCUT2D eigenvalue weighted by Crippen LogP contribution is -2.35. The van der Waals surface area contributed by atoms with Crippen LogP contribution in [0.15, 0.2) is 45.6 Å². The zero-order valence-corrected chi connectivity index (χ0v) is 13.6. The second-order valence-corrected chi connectivity index (χ2v) is 6.37. The van der Waals surface area contributed by atoms with Crippen molar-refractivity contribution in [2.24, 2.45) is 0 Å². The van der Waals surface area contributed by atoms with Gasteiger partial charge in [0.25, 0.3) is 0 Å². The van der Waals surface area contributed by atoms with E-state index in [4.69, 9.17) is 0 Å². The van der Waals surface area contributed by atoms with Crippen molar-refractivity contribution in [2.75, 3.05) is 11.9 Å². The van der Waals surface area contributed by atoms with Crippen LogP contribution in [0.4, 0.5) is 5.69 Å². The Labute approximate surface area is 131 Å². The van der Waals surface area contributed by atoms with Crippen molar-refractivity contribution in [3.05, 3.63) is 51.1 Å².